The van der Waals surface area contributed by atoms with E-state index in [1.165, 1.54) is 0 Å². The molecule has 1 aromatic rings. The highest BCUT2D eigenvalue weighted by Gasteiger charge is 2.21. The van der Waals surface area contributed by atoms with Gasteiger partial charge in [-0.15, -0.1) is 0 Å². The Kier molecular flexibility index (Phi) is 6.59. The summed E-state index contributed by atoms with van der Waals surface area (Å²) < 4.78 is 5.48. The van der Waals surface area contributed by atoms with Crippen LogP contribution in [0.1, 0.15) is 43.5 Å². The summed E-state index contributed by atoms with van der Waals surface area (Å²) in [7, 11) is 0. The van der Waals surface area contributed by atoms with Gasteiger partial charge in [-0.2, -0.15) is 0 Å². The monoisotopic (exact) mass is 318 g/mol. The van der Waals surface area contributed by atoms with Crippen LogP contribution in [0.2, 0.25) is 0 Å². The average Bonchev–Trinajstić information content (AvgIpc) is 2.96. The SMILES string of the molecule is CC(C)COCCCNC(=O)c1ccc(N2CCCC2=O)cc1. The van der Waals surface area contributed by atoms with Gasteiger partial charge in [0.25, 0.3) is 5.91 Å². The maximum atomic E-state index is 12.1. The number of nitrogens with one attached hydrogen (secondary N) is 1. The van der Waals surface area contributed by atoms with Gasteiger partial charge in [0, 0.05) is 44.0 Å². The van der Waals surface area contributed by atoms with E-state index in [0.29, 0.717) is 31.1 Å². The van der Waals surface area contributed by atoms with Crippen LogP contribution in [0.3, 0.4) is 0 Å². The first kappa shape index (κ1) is 17.5. The van der Waals surface area contributed by atoms with Gasteiger partial charge in [0.05, 0.1) is 0 Å². The van der Waals surface area contributed by atoms with E-state index < -0.39 is 0 Å². The number of anilines is 1. The zero-order valence-electron chi connectivity index (χ0n) is 14.0. The number of ether oxygens (including phenoxy) is 1. The van der Waals surface area contributed by atoms with Crippen LogP contribution in [0.15, 0.2) is 24.3 Å². The zero-order chi connectivity index (χ0) is 16.7. The lowest BCUT2D eigenvalue weighted by Crippen LogP contribution is -2.26. The molecule has 0 radical (unpaired) electrons. The van der Waals surface area contributed by atoms with Gasteiger partial charge in [-0.25, -0.2) is 0 Å². The first-order valence-electron chi connectivity index (χ1n) is 8.34. The minimum atomic E-state index is -0.0897. The lowest BCUT2D eigenvalue weighted by atomic mass is 10.2. The van der Waals surface area contributed by atoms with Crippen molar-refractivity contribution in [3.63, 3.8) is 0 Å². The van der Waals surface area contributed by atoms with E-state index in [1.54, 1.807) is 17.0 Å². The molecule has 1 aliphatic rings. The first-order chi connectivity index (χ1) is 11.1. The van der Waals surface area contributed by atoms with Crippen LogP contribution in [0.25, 0.3) is 0 Å². The van der Waals surface area contributed by atoms with Crippen LogP contribution in [0.5, 0.6) is 0 Å². The second-order valence-corrected chi connectivity index (χ2v) is 6.27. The Bertz CT molecular complexity index is 526. The number of carbonyl (C=O) groups excluding carboxylic acids is 2. The van der Waals surface area contributed by atoms with E-state index in [9.17, 15) is 9.59 Å². The molecule has 2 rings (SSSR count). The van der Waals surface area contributed by atoms with Gasteiger partial charge in [-0.05, 0) is 43.0 Å². The summed E-state index contributed by atoms with van der Waals surface area (Å²) in [6.45, 7) is 7.01. The maximum absolute atomic E-state index is 12.1. The largest absolute Gasteiger partial charge is 0.381 e. The fourth-order valence-corrected chi connectivity index (χ4v) is 2.51. The van der Waals surface area contributed by atoms with Crippen molar-refractivity contribution >= 4 is 17.5 Å². The fourth-order valence-electron chi connectivity index (χ4n) is 2.51. The van der Waals surface area contributed by atoms with Crippen molar-refractivity contribution in [3.05, 3.63) is 29.8 Å². The van der Waals surface area contributed by atoms with Gasteiger partial charge in [-0.1, -0.05) is 13.8 Å². The normalized spacial score (nSPS) is 14.6. The molecule has 0 unspecified atom stereocenters. The number of hydrogen-bond acceptors (Lipinski definition) is 3. The molecule has 126 valence electrons. The van der Waals surface area contributed by atoms with Crippen molar-refractivity contribution in [2.45, 2.75) is 33.1 Å². The fraction of sp³-hybridized carbons (Fsp3) is 0.556. The minimum absolute atomic E-state index is 0.0897. The molecule has 1 N–H and O–H groups in total. The lowest BCUT2D eigenvalue weighted by molar-refractivity contribution is -0.117. The van der Waals surface area contributed by atoms with Crippen molar-refractivity contribution in [3.8, 4) is 0 Å². The summed E-state index contributed by atoms with van der Waals surface area (Å²) in [4.78, 5) is 25.5. The number of carbonyl (C=O) groups is 2. The molecule has 5 nitrogen and oxygen atoms in total. The number of benzene rings is 1. The van der Waals surface area contributed by atoms with Gasteiger partial charge in [-0.3, -0.25) is 9.59 Å². The van der Waals surface area contributed by atoms with Crippen LogP contribution in [0, 0.1) is 5.92 Å². The Morgan fingerprint density at radius 3 is 2.65 bits per heavy atom. The Morgan fingerprint density at radius 1 is 1.30 bits per heavy atom. The molecule has 0 saturated carbocycles. The van der Waals surface area contributed by atoms with E-state index >= 15 is 0 Å². The number of amides is 2. The summed E-state index contributed by atoms with van der Waals surface area (Å²) >= 11 is 0. The summed E-state index contributed by atoms with van der Waals surface area (Å²) in [6.07, 6.45) is 2.32. The molecule has 1 aromatic carbocycles. The molecule has 1 heterocycles. The van der Waals surface area contributed by atoms with Crippen LogP contribution in [-0.4, -0.2) is 38.1 Å². The molecule has 0 aliphatic carbocycles. The minimum Gasteiger partial charge on any atom is -0.381 e. The number of nitrogens with zero attached hydrogens (tertiary/aromatic N) is 1. The van der Waals surface area contributed by atoms with Crippen molar-refractivity contribution in [2.24, 2.45) is 5.92 Å². The Morgan fingerprint density at radius 2 is 2.04 bits per heavy atom. The summed E-state index contributed by atoms with van der Waals surface area (Å²) in [5, 5.41) is 2.89. The summed E-state index contributed by atoms with van der Waals surface area (Å²) in [5.41, 5.74) is 1.48. The highest BCUT2D eigenvalue weighted by molar-refractivity contribution is 5.97. The highest BCUT2D eigenvalue weighted by atomic mass is 16.5. The average molecular weight is 318 g/mol. The predicted molar refractivity (Wildman–Crippen MR) is 90.6 cm³/mol. The van der Waals surface area contributed by atoms with Crippen molar-refractivity contribution in [1.82, 2.24) is 5.32 Å². The van der Waals surface area contributed by atoms with Crippen LogP contribution < -0.4 is 10.2 Å². The molecule has 1 fully saturated rings. The van der Waals surface area contributed by atoms with Crippen LogP contribution >= 0.6 is 0 Å². The number of rotatable bonds is 8. The molecule has 5 heteroatoms. The highest BCUT2D eigenvalue weighted by Crippen LogP contribution is 2.21. The molecule has 0 bridgehead atoms. The topological polar surface area (TPSA) is 58.6 Å². The van der Waals surface area contributed by atoms with E-state index in [0.717, 1.165) is 31.7 Å². The van der Waals surface area contributed by atoms with E-state index in [1.807, 2.05) is 12.1 Å². The second kappa shape index (κ2) is 8.67. The standard InChI is InChI=1S/C18H26N2O3/c1-14(2)13-23-12-4-10-19-18(22)15-6-8-16(9-7-15)20-11-3-5-17(20)21/h6-9,14H,3-5,10-13H2,1-2H3,(H,19,22). The molecule has 1 saturated heterocycles. The van der Waals surface area contributed by atoms with Gasteiger partial charge in [0.1, 0.15) is 0 Å². The second-order valence-electron chi connectivity index (χ2n) is 6.27. The summed E-state index contributed by atoms with van der Waals surface area (Å²) in [6, 6.07) is 7.21. The molecular weight excluding hydrogens is 292 g/mol. The molecular formula is C18H26N2O3. The van der Waals surface area contributed by atoms with Crippen LogP contribution in [-0.2, 0) is 9.53 Å². The molecule has 0 aromatic heterocycles. The van der Waals surface area contributed by atoms with Crippen molar-refractivity contribution in [1.29, 1.82) is 0 Å². The third-order valence-electron chi connectivity index (χ3n) is 3.72. The van der Waals surface area contributed by atoms with Gasteiger partial charge >= 0.3 is 0 Å². The van der Waals surface area contributed by atoms with Gasteiger partial charge in [0.15, 0.2) is 0 Å². The van der Waals surface area contributed by atoms with Crippen LogP contribution in [0.4, 0.5) is 5.69 Å². The number of hydrogen-bond donors (Lipinski definition) is 1. The van der Waals surface area contributed by atoms with Crippen molar-refractivity contribution in [2.75, 3.05) is 31.2 Å². The molecule has 0 spiro atoms. The van der Waals surface area contributed by atoms with Gasteiger partial charge in [0.2, 0.25) is 5.91 Å². The van der Waals surface area contributed by atoms with E-state index in [2.05, 4.69) is 19.2 Å². The zero-order valence-corrected chi connectivity index (χ0v) is 14.0. The Labute approximate surface area is 138 Å². The van der Waals surface area contributed by atoms with Gasteiger partial charge < -0.3 is 15.0 Å². The first-order valence-corrected chi connectivity index (χ1v) is 8.34. The Hall–Kier alpha value is -1.88. The lowest BCUT2D eigenvalue weighted by Gasteiger charge is -2.15. The Balaban J connectivity index is 1.73. The molecule has 2 amide bonds. The molecule has 0 atom stereocenters. The third kappa shape index (κ3) is 5.36. The van der Waals surface area contributed by atoms with E-state index in [-0.39, 0.29) is 11.8 Å². The summed E-state index contributed by atoms with van der Waals surface area (Å²) in [5.74, 6) is 0.599. The third-order valence-corrected chi connectivity index (χ3v) is 3.72. The predicted octanol–water partition coefficient (Wildman–Crippen LogP) is 2.61. The van der Waals surface area contributed by atoms with E-state index in [4.69, 9.17) is 4.74 Å². The smallest absolute Gasteiger partial charge is 0.251 e. The molecule has 1 aliphatic heterocycles. The quantitative estimate of drug-likeness (QED) is 0.750. The maximum Gasteiger partial charge on any atom is 0.251 e. The van der Waals surface area contributed by atoms with Crippen molar-refractivity contribution < 1.29 is 14.3 Å². The molecule has 23 heavy (non-hydrogen) atoms.